The van der Waals surface area contributed by atoms with E-state index in [9.17, 15) is 4.79 Å². The topological polar surface area (TPSA) is 53.7 Å². The molecule has 7 heteroatoms. The third-order valence-corrected chi connectivity index (χ3v) is 5.74. The van der Waals surface area contributed by atoms with Crippen molar-refractivity contribution < 1.29 is 4.79 Å². The molecule has 29 heavy (non-hydrogen) atoms. The van der Waals surface area contributed by atoms with Gasteiger partial charge in [0.1, 0.15) is 0 Å². The number of benzene rings is 1. The highest BCUT2D eigenvalue weighted by molar-refractivity contribution is 9.10. The van der Waals surface area contributed by atoms with Gasteiger partial charge in [-0.15, -0.1) is 0 Å². The normalized spacial score (nSPS) is 13.6. The molecule has 0 aliphatic carbocycles. The zero-order chi connectivity index (χ0) is 20.0. The number of carbonyl (C=O) groups excluding carboxylic acids is 1. The Kier molecular flexibility index (Phi) is 4.32. The van der Waals surface area contributed by atoms with Gasteiger partial charge in [-0.1, -0.05) is 18.2 Å². The summed E-state index contributed by atoms with van der Waals surface area (Å²) < 4.78 is 2.63. The van der Waals surface area contributed by atoms with Crippen LogP contribution in [-0.4, -0.2) is 39.1 Å². The summed E-state index contributed by atoms with van der Waals surface area (Å²) in [5.41, 5.74) is 5.75. The van der Waals surface area contributed by atoms with E-state index in [0.717, 1.165) is 33.2 Å². The molecule has 144 valence electrons. The number of halogens is 1. The average Bonchev–Trinajstić information content (AvgIpc) is 3.17. The standard InChI is InChI=1S/C22H18BrN5O/c1-26-21-16(3-2-4-19(21)15-7-10-24-11-8-15)9-12-28(26)22(29)20-13-18-6-5-17(23)14-27(18)25-20/h2-8,10-11,13-14H,9,12H2,1H3. The fourth-order valence-electron chi connectivity index (χ4n) is 3.87. The molecule has 1 aliphatic heterocycles. The molecule has 6 nitrogen and oxygen atoms in total. The summed E-state index contributed by atoms with van der Waals surface area (Å²) in [6.07, 6.45) is 6.22. The van der Waals surface area contributed by atoms with Crippen molar-refractivity contribution >= 4 is 33.0 Å². The van der Waals surface area contributed by atoms with Gasteiger partial charge in [-0.25, -0.2) is 9.52 Å². The summed E-state index contributed by atoms with van der Waals surface area (Å²) in [6, 6.07) is 16.0. The molecule has 0 spiro atoms. The smallest absolute Gasteiger partial charge is 0.285 e. The van der Waals surface area contributed by atoms with E-state index in [1.165, 1.54) is 5.56 Å². The second-order valence-corrected chi connectivity index (χ2v) is 7.91. The number of anilines is 1. The van der Waals surface area contributed by atoms with E-state index in [1.807, 2.05) is 48.6 Å². The molecule has 0 radical (unpaired) electrons. The third-order valence-electron chi connectivity index (χ3n) is 5.27. The first-order valence-electron chi connectivity index (χ1n) is 9.34. The van der Waals surface area contributed by atoms with E-state index in [2.05, 4.69) is 44.2 Å². The highest BCUT2D eigenvalue weighted by atomic mass is 79.9. The monoisotopic (exact) mass is 447 g/mol. The number of hydrogen-bond acceptors (Lipinski definition) is 4. The minimum absolute atomic E-state index is 0.109. The number of fused-ring (bicyclic) bond motifs is 2. The molecular formula is C22H18BrN5O. The average molecular weight is 448 g/mol. The molecule has 1 amide bonds. The summed E-state index contributed by atoms with van der Waals surface area (Å²) in [5.74, 6) is -0.109. The second kappa shape index (κ2) is 7.00. The van der Waals surface area contributed by atoms with Gasteiger partial charge in [0.15, 0.2) is 5.69 Å². The van der Waals surface area contributed by atoms with Crippen LogP contribution in [0.4, 0.5) is 5.69 Å². The predicted octanol–water partition coefficient (Wildman–Crippen LogP) is 4.21. The van der Waals surface area contributed by atoms with E-state index < -0.39 is 0 Å². The molecule has 1 aliphatic rings. The van der Waals surface area contributed by atoms with Crippen LogP contribution in [-0.2, 0) is 6.42 Å². The van der Waals surface area contributed by atoms with Gasteiger partial charge in [-0.3, -0.25) is 14.8 Å². The number of carbonyl (C=O) groups is 1. The lowest BCUT2D eigenvalue weighted by Gasteiger charge is -2.39. The SMILES string of the molecule is CN1c2c(cccc2-c2ccncc2)CCN1C(=O)c1cc2ccc(Br)cn2n1. The van der Waals surface area contributed by atoms with Gasteiger partial charge in [0.05, 0.1) is 11.2 Å². The molecule has 0 fully saturated rings. The minimum atomic E-state index is -0.109. The summed E-state index contributed by atoms with van der Waals surface area (Å²) in [4.78, 5) is 17.4. The first kappa shape index (κ1) is 17.9. The first-order valence-corrected chi connectivity index (χ1v) is 10.1. The molecule has 4 aromatic rings. The Morgan fingerprint density at radius 3 is 2.76 bits per heavy atom. The van der Waals surface area contributed by atoms with E-state index in [1.54, 1.807) is 21.9 Å². The van der Waals surface area contributed by atoms with Crippen LogP contribution in [0.15, 0.2) is 71.6 Å². The predicted molar refractivity (Wildman–Crippen MR) is 116 cm³/mol. The summed E-state index contributed by atoms with van der Waals surface area (Å²) in [6.45, 7) is 0.611. The van der Waals surface area contributed by atoms with Crippen LogP contribution in [0.3, 0.4) is 0 Å². The van der Waals surface area contributed by atoms with E-state index in [-0.39, 0.29) is 5.91 Å². The lowest BCUT2D eigenvalue weighted by atomic mass is 9.97. The summed E-state index contributed by atoms with van der Waals surface area (Å²) in [5, 5.41) is 8.20. The number of hydrazine groups is 1. The number of aromatic nitrogens is 3. The van der Waals surface area contributed by atoms with Crippen molar-refractivity contribution in [1.29, 1.82) is 0 Å². The minimum Gasteiger partial charge on any atom is -0.285 e. The number of pyridine rings is 2. The second-order valence-electron chi connectivity index (χ2n) is 7.00. The zero-order valence-electron chi connectivity index (χ0n) is 15.8. The number of hydrogen-bond donors (Lipinski definition) is 0. The molecule has 0 N–H and O–H groups in total. The largest absolute Gasteiger partial charge is 0.292 e. The van der Waals surface area contributed by atoms with E-state index in [0.29, 0.717) is 12.2 Å². The molecule has 0 bridgehead atoms. The molecule has 3 aromatic heterocycles. The van der Waals surface area contributed by atoms with E-state index in [4.69, 9.17) is 0 Å². The van der Waals surface area contributed by atoms with Gasteiger partial charge in [0.2, 0.25) is 0 Å². The first-order chi connectivity index (χ1) is 14.1. The Labute approximate surface area is 176 Å². The van der Waals surface area contributed by atoms with Crippen LogP contribution in [0.25, 0.3) is 16.6 Å². The Hall–Kier alpha value is -3.19. The van der Waals surface area contributed by atoms with Crippen LogP contribution in [0, 0.1) is 0 Å². The summed E-state index contributed by atoms with van der Waals surface area (Å²) >= 11 is 3.44. The van der Waals surface area contributed by atoms with Crippen molar-refractivity contribution in [2.45, 2.75) is 6.42 Å². The Morgan fingerprint density at radius 2 is 1.93 bits per heavy atom. The maximum absolute atomic E-state index is 13.3. The van der Waals surface area contributed by atoms with Crippen molar-refractivity contribution in [2.24, 2.45) is 0 Å². The number of para-hydroxylation sites is 1. The lowest BCUT2D eigenvalue weighted by molar-refractivity contribution is 0.0732. The van der Waals surface area contributed by atoms with Gasteiger partial charge in [0.25, 0.3) is 5.91 Å². The highest BCUT2D eigenvalue weighted by Gasteiger charge is 2.29. The lowest BCUT2D eigenvalue weighted by Crippen LogP contribution is -2.48. The Morgan fingerprint density at radius 1 is 1.10 bits per heavy atom. The number of amides is 1. The van der Waals surface area contributed by atoms with E-state index >= 15 is 0 Å². The number of rotatable bonds is 2. The van der Waals surface area contributed by atoms with Crippen LogP contribution < -0.4 is 5.01 Å². The summed E-state index contributed by atoms with van der Waals surface area (Å²) in [7, 11) is 1.94. The Balaban J connectivity index is 1.53. The molecule has 5 rings (SSSR count). The van der Waals surface area contributed by atoms with Crippen molar-refractivity contribution in [2.75, 3.05) is 18.6 Å². The maximum atomic E-state index is 13.3. The molecule has 4 heterocycles. The zero-order valence-corrected chi connectivity index (χ0v) is 17.4. The number of nitrogens with zero attached hydrogens (tertiary/aromatic N) is 5. The fourth-order valence-corrected chi connectivity index (χ4v) is 4.20. The Bertz CT molecular complexity index is 1220. The van der Waals surface area contributed by atoms with Crippen molar-refractivity contribution in [3.8, 4) is 11.1 Å². The van der Waals surface area contributed by atoms with Crippen molar-refractivity contribution in [3.63, 3.8) is 0 Å². The van der Waals surface area contributed by atoms with Gasteiger partial charge in [-0.05, 0) is 63.8 Å². The van der Waals surface area contributed by atoms with Crippen LogP contribution in [0.1, 0.15) is 16.1 Å². The van der Waals surface area contributed by atoms with Crippen LogP contribution in [0.2, 0.25) is 0 Å². The van der Waals surface area contributed by atoms with Crippen LogP contribution in [0.5, 0.6) is 0 Å². The molecule has 1 aromatic carbocycles. The molecule has 0 atom stereocenters. The maximum Gasteiger partial charge on any atom is 0.292 e. The molecule has 0 saturated heterocycles. The van der Waals surface area contributed by atoms with Gasteiger partial charge in [0, 0.05) is 42.2 Å². The fraction of sp³-hybridized carbons (Fsp3) is 0.136. The molecule has 0 saturated carbocycles. The van der Waals surface area contributed by atoms with Crippen molar-refractivity contribution in [3.05, 3.63) is 82.9 Å². The quantitative estimate of drug-likeness (QED) is 0.461. The molecular weight excluding hydrogens is 430 g/mol. The molecule has 0 unspecified atom stereocenters. The van der Waals surface area contributed by atoms with Gasteiger partial charge >= 0.3 is 0 Å². The highest BCUT2D eigenvalue weighted by Crippen LogP contribution is 2.37. The van der Waals surface area contributed by atoms with Gasteiger partial charge < -0.3 is 0 Å². The van der Waals surface area contributed by atoms with Gasteiger partial charge in [-0.2, -0.15) is 5.10 Å². The third kappa shape index (κ3) is 3.07. The van der Waals surface area contributed by atoms with Crippen LogP contribution >= 0.6 is 15.9 Å². The van der Waals surface area contributed by atoms with Crippen molar-refractivity contribution in [1.82, 2.24) is 19.6 Å².